The number of hydrogen-bond acceptors (Lipinski definition) is 4. The van der Waals surface area contributed by atoms with E-state index in [1.807, 2.05) is 23.7 Å². The van der Waals surface area contributed by atoms with Crippen molar-refractivity contribution in [3.05, 3.63) is 22.2 Å². The topological polar surface area (TPSA) is 63.6 Å². The van der Waals surface area contributed by atoms with Gasteiger partial charge in [-0.15, -0.1) is 11.3 Å². The van der Waals surface area contributed by atoms with Crippen molar-refractivity contribution in [3.8, 4) is 0 Å². The van der Waals surface area contributed by atoms with Gasteiger partial charge in [-0.1, -0.05) is 11.6 Å². The lowest BCUT2D eigenvalue weighted by molar-refractivity contribution is 0.0855. The molecule has 6 nitrogen and oxygen atoms in total. The Morgan fingerprint density at radius 2 is 2.08 bits per heavy atom. The summed E-state index contributed by atoms with van der Waals surface area (Å²) in [7, 11) is 1.86. The first kappa shape index (κ1) is 17.1. The highest BCUT2D eigenvalue weighted by molar-refractivity contribution is 7.22. The number of rotatable bonds is 3. The average molecular weight is 370 g/mol. The molecule has 2 aromatic heterocycles. The van der Waals surface area contributed by atoms with Crippen LogP contribution in [-0.4, -0.2) is 47.2 Å². The molecular formula is C16H20ClN3O3S. The van der Waals surface area contributed by atoms with Gasteiger partial charge in [-0.05, 0) is 31.9 Å². The highest BCUT2D eigenvalue weighted by Gasteiger charge is 2.25. The van der Waals surface area contributed by atoms with Crippen molar-refractivity contribution >= 4 is 45.2 Å². The molecule has 2 amide bonds. The lowest BCUT2D eigenvalue weighted by Crippen LogP contribution is -2.46. The molecule has 0 saturated carbocycles. The van der Waals surface area contributed by atoms with Gasteiger partial charge in [0.05, 0.1) is 21.2 Å². The number of fused-ring (bicyclic) bond motifs is 1. The van der Waals surface area contributed by atoms with E-state index < -0.39 is 0 Å². The van der Waals surface area contributed by atoms with E-state index in [1.54, 1.807) is 11.8 Å². The molecule has 130 valence electrons. The molecule has 0 aliphatic carbocycles. The Morgan fingerprint density at radius 1 is 1.38 bits per heavy atom. The fraction of sp³-hybridized carbons (Fsp3) is 0.500. The minimum Gasteiger partial charge on any atom is -0.450 e. The van der Waals surface area contributed by atoms with E-state index in [9.17, 15) is 9.59 Å². The van der Waals surface area contributed by atoms with Crippen LogP contribution in [0.1, 0.15) is 30.3 Å². The number of hydrogen-bond donors (Lipinski definition) is 1. The Balaban J connectivity index is 1.60. The first-order valence-corrected chi connectivity index (χ1v) is 9.16. The Bertz CT molecular complexity index is 762. The molecule has 0 spiro atoms. The van der Waals surface area contributed by atoms with Crippen molar-refractivity contribution in [1.82, 2.24) is 14.8 Å². The van der Waals surface area contributed by atoms with E-state index >= 15 is 0 Å². The van der Waals surface area contributed by atoms with Crippen LogP contribution in [0.3, 0.4) is 0 Å². The van der Waals surface area contributed by atoms with Crippen LogP contribution in [0.5, 0.6) is 0 Å². The molecule has 0 radical (unpaired) electrons. The number of thiophene rings is 1. The number of carbonyl (C=O) groups excluding carboxylic acids is 2. The number of amides is 2. The van der Waals surface area contributed by atoms with Crippen molar-refractivity contribution in [2.24, 2.45) is 7.05 Å². The maximum atomic E-state index is 12.5. The van der Waals surface area contributed by atoms with Crippen LogP contribution in [0.2, 0.25) is 4.34 Å². The number of aryl methyl sites for hydroxylation is 1. The number of nitrogens with zero attached hydrogens (tertiary/aromatic N) is 2. The number of likely N-dealkylation sites (tertiary alicyclic amines) is 1. The Hall–Kier alpha value is -1.73. The van der Waals surface area contributed by atoms with E-state index in [0.29, 0.717) is 29.7 Å². The number of ether oxygens (including phenoxy) is 1. The third-order valence-electron chi connectivity index (χ3n) is 4.29. The second-order valence-corrected chi connectivity index (χ2v) is 7.54. The molecule has 8 heteroatoms. The standard InChI is InChI=1S/C16H20ClN3O3S/c1-3-23-16(22)20-6-4-10(5-7-20)18-15(21)12-8-13-11(19(12)2)9-14(17)24-13/h8-10H,3-7H2,1-2H3,(H,18,21). The third-order valence-corrected chi connectivity index (χ3v) is 5.49. The molecule has 0 atom stereocenters. The first-order valence-electron chi connectivity index (χ1n) is 7.97. The van der Waals surface area contributed by atoms with Gasteiger partial charge < -0.3 is 19.5 Å². The number of nitrogens with one attached hydrogen (secondary N) is 1. The zero-order valence-electron chi connectivity index (χ0n) is 13.7. The summed E-state index contributed by atoms with van der Waals surface area (Å²) in [6, 6.07) is 3.81. The molecule has 3 rings (SSSR count). The van der Waals surface area contributed by atoms with Crippen LogP contribution in [0.15, 0.2) is 12.1 Å². The maximum Gasteiger partial charge on any atom is 0.409 e. The van der Waals surface area contributed by atoms with Crippen molar-refractivity contribution < 1.29 is 14.3 Å². The van der Waals surface area contributed by atoms with E-state index in [1.165, 1.54) is 11.3 Å². The van der Waals surface area contributed by atoms with Crippen molar-refractivity contribution in [1.29, 1.82) is 0 Å². The van der Waals surface area contributed by atoms with E-state index in [-0.39, 0.29) is 18.0 Å². The van der Waals surface area contributed by atoms with Gasteiger partial charge in [0.25, 0.3) is 5.91 Å². The summed E-state index contributed by atoms with van der Waals surface area (Å²) in [4.78, 5) is 25.9. The molecule has 24 heavy (non-hydrogen) atoms. The van der Waals surface area contributed by atoms with Gasteiger partial charge in [0.2, 0.25) is 0 Å². The van der Waals surface area contributed by atoms with Gasteiger partial charge in [-0.25, -0.2) is 4.79 Å². The number of aromatic nitrogens is 1. The molecule has 1 saturated heterocycles. The van der Waals surface area contributed by atoms with Crippen LogP contribution in [-0.2, 0) is 11.8 Å². The van der Waals surface area contributed by atoms with Crippen molar-refractivity contribution in [2.45, 2.75) is 25.8 Å². The molecule has 0 aromatic carbocycles. The second kappa shape index (κ2) is 7.03. The monoisotopic (exact) mass is 369 g/mol. The lowest BCUT2D eigenvalue weighted by Gasteiger charge is -2.31. The Morgan fingerprint density at radius 3 is 2.71 bits per heavy atom. The molecule has 1 aliphatic heterocycles. The summed E-state index contributed by atoms with van der Waals surface area (Å²) in [6.45, 7) is 3.37. The van der Waals surface area contributed by atoms with Gasteiger partial charge in [0.15, 0.2) is 0 Å². The summed E-state index contributed by atoms with van der Waals surface area (Å²) in [5.74, 6) is -0.0911. The quantitative estimate of drug-likeness (QED) is 0.903. The van der Waals surface area contributed by atoms with Crippen LogP contribution >= 0.6 is 22.9 Å². The molecule has 1 fully saturated rings. The van der Waals surface area contributed by atoms with Gasteiger partial charge in [-0.2, -0.15) is 0 Å². The summed E-state index contributed by atoms with van der Waals surface area (Å²) >= 11 is 7.47. The molecule has 1 N–H and O–H groups in total. The van der Waals surface area contributed by atoms with Gasteiger partial charge >= 0.3 is 6.09 Å². The maximum absolute atomic E-state index is 12.5. The summed E-state index contributed by atoms with van der Waals surface area (Å²) in [5, 5.41) is 3.07. The van der Waals surface area contributed by atoms with Crippen molar-refractivity contribution in [3.63, 3.8) is 0 Å². The number of halogens is 1. The molecule has 0 bridgehead atoms. The molecule has 3 heterocycles. The normalized spacial score (nSPS) is 15.7. The van der Waals surface area contributed by atoms with Gasteiger partial charge in [0.1, 0.15) is 5.69 Å². The minimum absolute atomic E-state index is 0.0692. The average Bonchev–Trinajstić information content (AvgIpc) is 3.06. The summed E-state index contributed by atoms with van der Waals surface area (Å²) in [5.41, 5.74) is 1.59. The first-order chi connectivity index (χ1) is 11.5. The number of carbonyl (C=O) groups is 2. The summed E-state index contributed by atoms with van der Waals surface area (Å²) in [6.07, 6.45) is 1.19. The van der Waals surface area contributed by atoms with Crippen LogP contribution < -0.4 is 5.32 Å². The lowest BCUT2D eigenvalue weighted by atomic mass is 10.1. The van der Waals surface area contributed by atoms with Crippen molar-refractivity contribution in [2.75, 3.05) is 19.7 Å². The fourth-order valence-electron chi connectivity index (χ4n) is 2.98. The van der Waals surface area contributed by atoms with Crippen LogP contribution in [0.4, 0.5) is 4.79 Å². The SMILES string of the molecule is CCOC(=O)N1CCC(NC(=O)c2cc3sc(Cl)cc3n2C)CC1. The van der Waals surface area contributed by atoms with Gasteiger partial charge in [0, 0.05) is 26.2 Å². The third kappa shape index (κ3) is 3.37. The molecular weight excluding hydrogens is 350 g/mol. The predicted octanol–water partition coefficient (Wildman–Crippen LogP) is 3.24. The predicted molar refractivity (Wildman–Crippen MR) is 94.9 cm³/mol. The molecule has 2 aromatic rings. The van der Waals surface area contributed by atoms with E-state index in [2.05, 4.69) is 5.32 Å². The summed E-state index contributed by atoms with van der Waals surface area (Å²) < 4.78 is 8.59. The Labute approximate surface area is 149 Å². The molecule has 0 unspecified atom stereocenters. The zero-order valence-corrected chi connectivity index (χ0v) is 15.2. The van der Waals surface area contributed by atoms with E-state index in [4.69, 9.17) is 16.3 Å². The van der Waals surface area contributed by atoms with Crippen LogP contribution in [0, 0.1) is 0 Å². The second-order valence-electron chi connectivity index (χ2n) is 5.82. The fourth-order valence-corrected chi connectivity index (χ4v) is 4.18. The zero-order chi connectivity index (χ0) is 17.3. The smallest absolute Gasteiger partial charge is 0.409 e. The van der Waals surface area contributed by atoms with Gasteiger partial charge in [-0.3, -0.25) is 4.79 Å². The largest absolute Gasteiger partial charge is 0.450 e. The highest BCUT2D eigenvalue weighted by Crippen LogP contribution is 2.31. The highest BCUT2D eigenvalue weighted by atomic mass is 35.5. The van der Waals surface area contributed by atoms with E-state index in [0.717, 1.165) is 23.1 Å². The minimum atomic E-state index is -0.276. The number of piperidine rings is 1. The Kier molecular flexibility index (Phi) is 5.01. The molecule has 1 aliphatic rings. The van der Waals surface area contributed by atoms with Crippen LogP contribution in [0.25, 0.3) is 10.2 Å².